The van der Waals surface area contributed by atoms with E-state index in [1.165, 1.54) is 0 Å². The fourth-order valence-corrected chi connectivity index (χ4v) is 2.25. The number of hydrogen-bond acceptors (Lipinski definition) is 3. The Labute approximate surface area is 102 Å². The van der Waals surface area contributed by atoms with Gasteiger partial charge in [-0.15, -0.1) is 0 Å². The highest BCUT2D eigenvalue weighted by atomic mass is 16.2. The summed E-state index contributed by atoms with van der Waals surface area (Å²) in [6, 6.07) is 9.88. The lowest BCUT2D eigenvalue weighted by atomic mass is 10.1. The first kappa shape index (κ1) is 12.1. The van der Waals surface area contributed by atoms with Gasteiger partial charge in [0.05, 0.1) is 0 Å². The zero-order valence-corrected chi connectivity index (χ0v) is 10.3. The Hall–Kier alpha value is -1.39. The average Bonchev–Trinajstić information content (AvgIpc) is 2.36. The predicted octanol–water partition coefficient (Wildman–Crippen LogP) is 0.681. The number of rotatable bonds is 2. The van der Waals surface area contributed by atoms with Crippen LogP contribution in [-0.4, -0.2) is 43.0 Å². The molecule has 1 heterocycles. The molecular formula is C13H19N3O. The van der Waals surface area contributed by atoms with Crippen LogP contribution in [0, 0.1) is 0 Å². The molecule has 2 rings (SSSR count). The van der Waals surface area contributed by atoms with E-state index >= 15 is 0 Å². The van der Waals surface area contributed by atoms with Crippen LogP contribution >= 0.6 is 0 Å². The van der Waals surface area contributed by atoms with Crippen molar-refractivity contribution >= 4 is 11.6 Å². The Morgan fingerprint density at radius 2 is 2.00 bits per heavy atom. The van der Waals surface area contributed by atoms with Crippen LogP contribution in [0.5, 0.6) is 0 Å². The maximum Gasteiger partial charge on any atom is 0.245 e. The molecule has 1 aromatic carbocycles. The van der Waals surface area contributed by atoms with Gasteiger partial charge in [0.1, 0.15) is 6.04 Å². The lowest BCUT2D eigenvalue weighted by molar-refractivity contribution is -0.126. The van der Waals surface area contributed by atoms with Crippen LogP contribution in [-0.2, 0) is 4.79 Å². The molecule has 1 aliphatic rings. The molecule has 0 aromatic heterocycles. The van der Waals surface area contributed by atoms with Gasteiger partial charge >= 0.3 is 0 Å². The summed E-state index contributed by atoms with van der Waals surface area (Å²) >= 11 is 0. The third-order valence-electron chi connectivity index (χ3n) is 3.48. The number of carbonyl (C=O) groups excluding carboxylic acids is 1. The van der Waals surface area contributed by atoms with Gasteiger partial charge in [0.15, 0.2) is 0 Å². The molecule has 17 heavy (non-hydrogen) atoms. The average molecular weight is 233 g/mol. The van der Waals surface area contributed by atoms with Crippen LogP contribution in [0.3, 0.4) is 0 Å². The largest absolute Gasteiger partial charge is 0.328 e. The van der Waals surface area contributed by atoms with Crippen molar-refractivity contribution in [2.45, 2.75) is 19.0 Å². The van der Waals surface area contributed by atoms with Crippen molar-refractivity contribution in [3.63, 3.8) is 0 Å². The molecule has 1 amide bonds. The van der Waals surface area contributed by atoms with E-state index < -0.39 is 0 Å². The van der Waals surface area contributed by atoms with Crippen molar-refractivity contribution in [3.8, 4) is 0 Å². The fraction of sp³-hybridized carbons (Fsp3) is 0.462. The number of likely N-dealkylation sites (N-methyl/N-ethyl adjacent to an activating group) is 1. The van der Waals surface area contributed by atoms with E-state index in [0.717, 1.165) is 12.2 Å². The second-order valence-electron chi connectivity index (χ2n) is 4.55. The van der Waals surface area contributed by atoms with Crippen molar-refractivity contribution in [1.29, 1.82) is 0 Å². The van der Waals surface area contributed by atoms with Crippen LogP contribution in [0.1, 0.15) is 6.92 Å². The minimum absolute atomic E-state index is 0.0966. The van der Waals surface area contributed by atoms with Crippen LogP contribution in [0.2, 0.25) is 0 Å². The molecule has 2 N–H and O–H groups in total. The Morgan fingerprint density at radius 3 is 2.59 bits per heavy atom. The summed E-state index contributed by atoms with van der Waals surface area (Å²) in [4.78, 5) is 16.2. The summed E-state index contributed by atoms with van der Waals surface area (Å²) in [7, 11) is 1.96. The van der Waals surface area contributed by atoms with Gasteiger partial charge in [-0.05, 0) is 26.1 Å². The van der Waals surface area contributed by atoms with E-state index in [9.17, 15) is 4.79 Å². The molecule has 0 bridgehead atoms. The predicted molar refractivity (Wildman–Crippen MR) is 68.9 cm³/mol. The minimum atomic E-state index is -0.209. The number of piperazine rings is 1. The Morgan fingerprint density at radius 1 is 1.35 bits per heavy atom. The topological polar surface area (TPSA) is 49.6 Å². The fourth-order valence-electron chi connectivity index (χ4n) is 2.25. The molecule has 0 aliphatic carbocycles. The van der Waals surface area contributed by atoms with E-state index in [1.54, 1.807) is 0 Å². The zero-order valence-electron chi connectivity index (χ0n) is 10.3. The van der Waals surface area contributed by atoms with E-state index in [1.807, 2.05) is 42.3 Å². The normalized spacial score (nSPS) is 26.3. The first-order chi connectivity index (χ1) is 8.15. The maximum absolute atomic E-state index is 12.3. The van der Waals surface area contributed by atoms with Gasteiger partial charge in [0.2, 0.25) is 5.91 Å². The Bertz CT molecular complexity index is 393. The third kappa shape index (κ3) is 2.18. The number of nitrogens with two attached hydrogens (primary N) is 1. The number of carbonyl (C=O) groups is 1. The number of amides is 1. The summed E-state index contributed by atoms with van der Waals surface area (Å²) in [5.41, 5.74) is 6.65. The summed E-state index contributed by atoms with van der Waals surface area (Å²) in [6.07, 6.45) is 0. The molecule has 1 aliphatic heterocycles. The monoisotopic (exact) mass is 233 g/mol. The number of hydrogen-bond donors (Lipinski definition) is 1. The van der Waals surface area contributed by atoms with Gasteiger partial charge in [-0.3, -0.25) is 9.69 Å². The van der Waals surface area contributed by atoms with E-state index in [-0.39, 0.29) is 11.9 Å². The zero-order chi connectivity index (χ0) is 12.4. The molecule has 4 heteroatoms. The van der Waals surface area contributed by atoms with Gasteiger partial charge in [-0.25, -0.2) is 0 Å². The molecule has 1 saturated heterocycles. The van der Waals surface area contributed by atoms with Crippen molar-refractivity contribution in [1.82, 2.24) is 4.90 Å². The van der Waals surface area contributed by atoms with Crippen LogP contribution in [0.25, 0.3) is 0 Å². The highest BCUT2D eigenvalue weighted by Gasteiger charge is 2.36. The number of para-hydroxylation sites is 1. The molecule has 2 unspecified atom stereocenters. The highest BCUT2D eigenvalue weighted by molar-refractivity contribution is 5.98. The number of benzene rings is 1. The molecular weight excluding hydrogens is 214 g/mol. The molecule has 2 atom stereocenters. The standard InChI is InChI=1S/C13H19N3O/c1-10-9-16(11-6-4-3-5-7-11)13(17)12(8-14)15(10)2/h3-7,10,12H,8-9,14H2,1-2H3. The van der Waals surface area contributed by atoms with Crippen LogP contribution < -0.4 is 10.6 Å². The van der Waals surface area contributed by atoms with Gasteiger partial charge in [0.25, 0.3) is 0 Å². The van der Waals surface area contributed by atoms with Gasteiger partial charge in [-0.2, -0.15) is 0 Å². The van der Waals surface area contributed by atoms with Gasteiger partial charge in [0, 0.05) is 24.8 Å². The smallest absolute Gasteiger partial charge is 0.245 e. The maximum atomic E-state index is 12.3. The van der Waals surface area contributed by atoms with Gasteiger partial charge in [-0.1, -0.05) is 18.2 Å². The summed E-state index contributed by atoms with van der Waals surface area (Å²) in [6.45, 7) is 3.20. The quantitative estimate of drug-likeness (QED) is 0.817. The number of anilines is 1. The molecule has 4 nitrogen and oxygen atoms in total. The molecule has 1 fully saturated rings. The van der Waals surface area contributed by atoms with E-state index in [4.69, 9.17) is 5.73 Å². The second-order valence-corrected chi connectivity index (χ2v) is 4.55. The summed E-state index contributed by atoms with van der Waals surface area (Å²) in [5.74, 6) is 0.0966. The molecule has 0 radical (unpaired) electrons. The summed E-state index contributed by atoms with van der Waals surface area (Å²) < 4.78 is 0. The SMILES string of the molecule is CC1CN(c2ccccc2)C(=O)C(CN)N1C. The highest BCUT2D eigenvalue weighted by Crippen LogP contribution is 2.21. The molecule has 1 aromatic rings. The molecule has 0 spiro atoms. The minimum Gasteiger partial charge on any atom is -0.328 e. The first-order valence-electron chi connectivity index (χ1n) is 5.93. The van der Waals surface area contributed by atoms with Crippen LogP contribution in [0.15, 0.2) is 30.3 Å². The van der Waals surface area contributed by atoms with Crippen molar-refractivity contribution in [3.05, 3.63) is 30.3 Å². The number of nitrogens with zero attached hydrogens (tertiary/aromatic N) is 2. The first-order valence-corrected chi connectivity index (χ1v) is 5.93. The lowest BCUT2D eigenvalue weighted by Crippen LogP contribution is -2.62. The van der Waals surface area contributed by atoms with Crippen molar-refractivity contribution < 1.29 is 4.79 Å². The van der Waals surface area contributed by atoms with Crippen molar-refractivity contribution in [2.75, 3.05) is 25.0 Å². The molecule has 0 saturated carbocycles. The molecule has 92 valence electrons. The third-order valence-corrected chi connectivity index (χ3v) is 3.48. The van der Waals surface area contributed by atoms with E-state index in [2.05, 4.69) is 11.8 Å². The van der Waals surface area contributed by atoms with Crippen molar-refractivity contribution in [2.24, 2.45) is 5.73 Å². The Balaban J connectivity index is 2.27. The Kier molecular flexibility index (Phi) is 3.45. The van der Waals surface area contributed by atoms with Gasteiger partial charge < -0.3 is 10.6 Å². The van der Waals surface area contributed by atoms with E-state index in [0.29, 0.717) is 12.6 Å². The van der Waals surface area contributed by atoms with Crippen LogP contribution in [0.4, 0.5) is 5.69 Å². The second kappa shape index (κ2) is 4.85. The summed E-state index contributed by atoms with van der Waals surface area (Å²) in [5, 5.41) is 0. The lowest BCUT2D eigenvalue weighted by Gasteiger charge is -2.42.